The number of tetrazole rings is 1. The fourth-order valence-corrected chi connectivity index (χ4v) is 1.25. The zero-order valence-electron chi connectivity index (χ0n) is 9.28. The molecule has 0 aliphatic carbocycles. The van der Waals surface area contributed by atoms with Gasteiger partial charge in [-0.1, -0.05) is 11.2 Å². The Morgan fingerprint density at radius 1 is 1.47 bits per heavy atom. The van der Waals surface area contributed by atoms with Crippen molar-refractivity contribution in [1.82, 2.24) is 20.2 Å². The second-order valence-corrected chi connectivity index (χ2v) is 3.47. The molecule has 0 fully saturated rings. The van der Waals surface area contributed by atoms with Crippen LogP contribution in [0.2, 0.25) is 0 Å². The molecule has 0 saturated heterocycles. The maximum atomic E-state index is 10.8. The van der Waals surface area contributed by atoms with E-state index in [0.29, 0.717) is 5.75 Å². The molecular weight excluding hydrogens is 224 g/mol. The second-order valence-electron chi connectivity index (χ2n) is 3.47. The third-order valence-electron chi connectivity index (χ3n) is 2.22. The summed E-state index contributed by atoms with van der Waals surface area (Å²) in [7, 11) is 1.63. The first kappa shape index (κ1) is 11.1. The fraction of sp³-hybridized carbons (Fsp3) is 0.200. The average Bonchev–Trinajstić information content (AvgIpc) is 2.67. The van der Waals surface area contributed by atoms with Crippen LogP contribution in [-0.2, 0) is 7.05 Å². The van der Waals surface area contributed by atoms with Crippen molar-refractivity contribution in [2.24, 2.45) is 7.05 Å². The van der Waals surface area contributed by atoms with Crippen LogP contribution >= 0.6 is 0 Å². The van der Waals surface area contributed by atoms with E-state index in [1.165, 1.54) is 16.8 Å². The first-order valence-corrected chi connectivity index (χ1v) is 4.82. The number of carboxylic acids is 1. The van der Waals surface area contributed by atoms with Crippen LogP contribution in [-0.4, -0.2) is 31.3 Å². The molecule has 1 aromatic heterocycles. The van der Waals surface area contributed by atoms with Crippen molar-refractivity contribution in [3.8, 4) is 11.8 Å². The Morgan fingerprint density at radius 3 is 2.82 bits per heavy atom. The Bertz CT molecular complexity index is 564. The first-order valence-electron chi connectivity index (χ1n) is 4.82. The molecular formula is C10H10N4O3. The van der Waals surface area contributed by atoms with Gasteiger partial charge in [0.1, 0.15) is 5.75 Å². The highest BCUT2D eigenvalue weighted by Gasteiger charge is 2.10. The molecule has 88 valence electrons. The molecule has 2 rings (SSSR count). The number of aryl methyl sites for hydroxylation is 2. The smallest absolute Gasteiger partial charge is 0.340 e. The van der Waals surface area contributed by atoms with Gasteiger partial charge in [-0.05, 0) is 35.0 Å². The summed E-state index contributed by atoms with van der Waals surface area (Å²) in [4.78, 5) is 10.8. The van der Waals surface area contributed by atoms with E-state index < -0.39 is 5.97 Å². The Morgan fingerprint density at radius 2 is 2.24 bits per heavy atom. The van der Waals surface area contributed by atoms with Gasteiger partial charge in [0, 0.05) is 7.05 Å². The topological polar surface area (TPSA) is 90.1 Å². The van der Waals surface area contributed by atoms with Gasteiger partial charge >= 0.3 is 12.0 Å². The molecule has 7 nitrogen and oxygen atoms in total. The zero-order valence-corrected chi connectivity index (χ0v) is 9.28. The molecule has 0 amide bonds. The van der Waals surface area contributed by atoms with Gasteiger partial charge in [0.2, 0.25) is 0 Å². The molecule has 0 aliphatic heterocycles. The van der Waals surface area contributed by atoms with Crippen LogP contribution in [0.5, 0.6) is 11.8 Å². The van der Waals surface area contributed by atoms with Crippen LogP contribution in [0, 0.1) is 6.92 Å². The van der Waals surface area contributed by atoms with E-state index in [-0.39, 0.29) is 11.6 Å². The lowest BCUT2D eigenvalue weighted by atomic mass is 10.1. The highest BCUT2D eigenvalue weighted by atomic mass is 16.5. The predicted molar refractivity (Wildman–Crippen MR) is 57.0 cm³/mol. The zero-order chi connectivity index (χ0) is 12.4. The van der Waals surface area contributed by atoms with Crippen LogP contribution in [0.25, 0.3) is 0 Å². The van der Waals surface area contributed by atoms with Gasteiger partial charge in [0.25, 0.3) is 0 Å². The summed E-state index contributed by atoms with van der Waals surface area (Å²) in [5.41, 5.74) is 0.957. The molecule has 7 heteroatoms. The summed E-state index contributed by atoms with van der Waals surface area (Å²) < 4.78 is 6.79. The summed E-state index contributed by atoms with van der Waals surface area (Å²) in [5, 5.41) is 19.6. The number of carbonyl (C=O) groups is 1. The monoisotopic (exact) mass is 234 g/mol. The third kappa shape index (κ3) is 2.22. The Labute approximate surface area is 96.6 Å². The summed E-state index contributed by atoms with van der Waals surface area (Å²) in [5.74, 6) is -0.589. The molecule has 0 saturated carbocycles. The molecule has 0 unspecified atom stereocenters. The largest absolute Gasteiger partial charge is 0.478 e. The van der Waals surface area contributed by atoms with E-state index in [1.807, 2.05) is 6.92 Å². The number of hydrogen-bond donors (Lipinski definition) is 1. The molecule has 2 aromatic rings. The van der Waals surface area contributed by atoms with E-state index in [1.54, 1.807) is 13.1 Å². The summed E-state index contributed by atoms with van der Waals surface area (Å²) >= 11 is 0. The molecule has 0 bridgehead atoms. The standard InChI is InChI=1S/C10H10N4O3/c1-6-3-4-7(9(15)16)5-8(6)17-10-11-12-13-14(10)2/h3-5H,1-2H3,(H,15,16). The number of nitrogens with zero attached hydrogens (tertiary/aromatic N) is 4. The highest BCUT2D eigenvalue weighted by molar-refractivity contribution is 5.88. The van der Waals surface area contributed by atoms with Crippen molar-refractivity contribution in [3.05, 3.63) is 29.3 Å². The van der Waals surface area contributed by atoms with Crippen molar-refractivity contribution >= 4 is 5.97 Å². The molecule has 1 aromatic carbocycles. The van der Waals surface area contributed by atoms with E-state index in [2.05, 4.69) is 15.5 Å². The summed E-state index contributed by atoms with van der Waals surface area (Å²) in [6, 6.07) is 4.82. The van der Waals surface area contributed by atoms with Crippen molar-refractivity contribution in [2.75, 3.05) is 0 Å². The number of rotatable bonds is 3. The molecule has 1 N–H and O–H groups in total. The number of hydrogen-bond acceptors (Lipinski definition) is 5. The van der Waals surface area contributed by atoms with Gasteiger partial charge in [-0.3, -0.25) is 0 Å². The van der Waals surface area contributed by atoms with Gasteiger partial charge in [-0.2, -0.15) is 4.68 Å². The molecule has 0 aliphatic rings. The van der Waals surface area contributed by atoms with Crippen LogP contribution in [0.3, 0.4) is 0 Å². The maximum absolute atomic E-state index is 10.8. The minimum absolute atomic E-state index is 0.153. The Kier molecular flexibility index (Phi) is 2.73. The van der Waals surface area contributed by atoms with Crippen LogP contribution in [0.1, 0.15) is 15.9 Å². The lowest BCUT2D eigenvalue weighted by molar-refractivity contribution is 0.0696. The number of carboxylic acid groups (broad SMARTS) is 1. The maximum Gasteiger partial charge on any atom is 0.340 e. The highest BCUT2D eigenvalue weighted by Crippen LogP contribution is 2.23. The van der Waals surface area contributed by atoms with E-state index in [9.17, 15) is 4.79 Å². The second kappa shape index (κ2) is 4.20. The quantitative estimate of drug-likeness (QED) is 0.852. The van der Waals surface area contributed by atoms with Crippen LogP contribution < -0.4 is 4.74 Å². The lowest BCUT2D eigenvalue weighted by Gasteiger charge is -2.07. The van der Waals surface area contributed by atoms with Gasteiger partial charge in [-0.25, -0.2) is 4.79 Å². The molecule has 17 heavy (non-hydrogen) atoms. The first-order chi connectivity index (χ1) is 8.08. The van der Waals surface area contributed by atoms with E-state index in [0.717, 1.165) is 5.56 Å². The minimum atomic E-state index is -1.01. The Balaban J connectivity index is 2.35. The number of benzene rings is 1. The van der Waals surface area contributed by atoms with Crippen LogP contribution in [0.15, 0.2) is 18.2 Å². The molecule has 0 atom stereocenters. The minimum Gasteiger partial charge on any atom is -0.478 e. The van der Waals surface area contributed by atoms with Crippen LogP contribution in [0.4, 0.5) is 0 Å². The summed E-state index contributed by atoms with van der Waals surface area (Å²) in [6.45, 7) is 1.81. The lowest BCUT2D eigenvalue weighted by Crippen LogP contribution is -2.00. The van der Waals surface area contributed by atoms with Crippen molar-refractivity contribution in [3.63, 3.8) is 0 Å². The van der Waals surface area contributed by atoms with Gasteiger partial charge in [0.15, 0.2) is 0 Å². The molecule has 0 radical (unpaired) electrons. The molecule has 1 heterocycles. The van der Waals surface area contributed by atoms with E-state index in [4.69, 9.17) is 9.84 Å². The molecule has 0 spiro atoms. The third-order valence-corrected chi connectivity index (χ3v) is 2.22. The van der Waals surface area contributed by atoms with Crippen molar-refractivity contribution < 1.29 is 14.6 Å². The SMILES string of the molecule is Cc1ccc(C(=O)O)cc1Oc1nnnn1C. The summed E-state index contributed by atoms with van der Waals surface area (Å²) in [6.07, 6.45) is 0. The number of aromatic carboxylic acids is 1. The predicted octanol–water partition coefficient (Wildman–Crippen LogP) is 1.01. The van der Waals surface area contributed by atoms with Gasteiger partial charge < -0.3 is 9.84 Å². The number of ether oxygens (including phenoxy) is 1. The average molecular weight is 234 g/mol. The van der Waals surface area contributed by atoms with Gasteiger partial charge in [0.05, 0.1) is 5.56 Å². The fourth-order valence-electron chi connectivity index (χ4n) is 1.25. The Hall–Kier alpha value is -2.44. The number of aromatic nitrogens is 4. The van der Waals surface area contributed by atoms with Crippen molar-refractivity contribution in [1.29, 1.82) is 0 Å². The normalized spacial score (nSPS) is 10.2. The van der Waals surface area contributed by atoms with Crippen molar-refractivity contribution in [2.45, 2.75) is 6.92 Å². The van der Waals surface area contributed by atoms with E-state index >= 15 is 0 Å². The van der Waals surface area contributed by atoms with Gasteiger partial charge in [-0.15, -0.1) is 0 Å².